The molecule has 0 aliphatic carbocycles. The Hall–Kier alpha value is -0.580. The van der Waals surface area contributed by atoms with Crippen LogP contribution in [0.1, 0.15) is 13.3 Å². The number of carbonyl (C=O) groups excluding carboxylic acids is 2. The molecule has 4 nitrogen and oxygen atoms in total. The molecule has 0 saturated carbocycles. The van der Waals surface area contributed by atoms with Gasteiger partial charge in [-0.05, 0) is 6.92 Å². The number of esters is 2. The number of cyclic esters (lactones) is 1. The molecule has 0 spiro atoms. The minimum absolute atomic E-state index is 0.341. The Balaban J connectivity index is 2.40. The van der Waals surface area contributed by atoms with Gasteiger partial charge in [0.2, 0.25) is 6.10 Å². The van der Waals surface area contributed by atoms with Crippen molar-refractivity contribution in [1.29, 1.82) is 0 Å². The van der Waals surface area contributed by atoms with Crippen molar-refractivity contribution < 1.29 is 19.1 Å². The van der Waals surface area contributed by atoms with Gasteiger partial charge in [0, 0.05) is 6.42 Å². The molecule has 0 radical (unpaired) electrons. The van der Waals surface area contributed by atoms with Crippen molar-refractivity contribution in [1.82, 2.24) is 0 Å². The first-order valence-electron chi connectivity index (χ1n) is 3.62. The minimum Gasteiger partial charge on any atom is -0.463 e. The molecule has 0 bridgehead atoms. The van der Waals surface area contributed by atoms with Crippen LogP contribution in [0.4, 0.5) is 0 Å². The zero-order chi connectivity index (χ0) is 9.14. The normalized spacial score (nSPS) is 24.8. The molecular weight excluding hydrogens is 228 g/mol. The average Bonchev–Trinajstić information content (AvgIpc) is 2.36. The van der Waals surface area contributed by atoms with Gasteiger partial charge >= 0.3 is 11.9 Å². The van der Waals surface area contributed by atoms with E-state index < -0.39 is 18.0 Å². The highest BCUT2D eigenvalue weighted by molar-refractivity contribution is 9.10. The molecule has 12 heavy (non-hydrogen) atoms. The number of hydrogen-bond donors (Lipinski definition) is 0. The van der Waals surface area contributed by atoms with Gasteiger partial charge in [-0.15, -0.1) is 0 Å². The molecule has 1 aliphatic heterocycles. The molecule has 0 aromatic carbocycles. The standard InChI is InChI=1S/C7H9BrO4/c1-4(8)6(9)12-5-2-3-11-7(5)10/h4-5H,2-3H2,1H3. The summed E-state index contributed by atoms with van der Waals surface area (Å²) in [5.74, 6) is -0.879. The first-order valence-corrected chi connectivity index (χ1v) is 4.54. The summed E-state index contributed by atoms with van der Waals surface area (Å²) >= 11 is 3.04. The molecule has 68 valence electrons. The van der Waals surface area contributed by atoms with Gasteiger partial charge in [0.15, 0.2) is 0 Å². The SMILES string of the molecule is CC(Br)C(=O)OC1CCOC1=O. The van der Waals surface area contributed by atoms with Crippen LogP contribution in [-0.4, -0.2) is 29.5 Å². The fourth-order valence-corrected chi connectivity index (χ4v) is 0.926. The topological polar surface area (TPSA) is 52.6 Å². The van der Waals surface area contributed by atoms with E-state index in [0.717, 1.165) is 0 Å². The van der Waals surface area contributed by atoms with Crippen LogP contribution in [0.3, 0.4) is 0 Å². The van der Waals surface area contributed by atoms with E-state index in [0.29, 0.717) is 13.0 Å². The lowest BCUT2D eigenvalue weighted by Crippen LogP contribution is -2.26. The third kappa shape index (κ3) is 2.20. The number of rotatable bonds is 2. The molecule has 0 N–H and O–H groups in total. The zero-order valence-electron chi connectivity index (χ0n) is 6.58. The predicted octanol–water partition coefficient (Wildman–Crippen LogP) is 0.628. The summed E-state index contributed by atoms with van der Waals surface area (Å²) in [4.78, 5) is 21.4. The number of hydrogen-bond acceptors (Lipinski definition) is 4. The largest absolute Gasteiger partial charge is 0.463 e. The second-order valence-corrected chi connectivity index (χ2v) is 3.87. The van der Waals surface area contributed by atoms with Crippen molar-refractivity contribution in [3.63, 3.8) is 0 Å². The Morgan fingerprint density at radius 2 is 2.50 bits per heavy atom. The summed E-state index contributed by atoms with van der Waals surface area (Å²) in [5, 5.41) is 0. The van der Waals surface area contributed by atoms with Crippen molar-refractivity contribution in [3.8, 4) is 0 Å². The van der Waals surface area contributed by atoms with Gasteiger partial charge in [-0.25, -0.2) is 4.79 Å². The maximum absolute atomic E-state index is 11.0. The summed E-state index contributed by atoms with van der Waals surface area (Å²) in [5.41, 5.74) is 0. The summed E-state index contributed by atoms with van der Waals surface area (Å²) < 4.78 is 9.44. The molecule has 2 unspecified atom stereocenters. The van der Waals surface area contributed by atoms with Crippen LogP contribution < -0.4 is 0 Å². The molecule has 0 aromatic rings. The third-order valence-corrected chi connectivity index (χ3v) is 1.84. The van der Waals surface area contributed by atoms with E-state index >= 15 is 0 Å². The molecule has 0 amide bonds. The maximum Gasteiger partial charge on any atom is 0.347 e. The van der Waals surface area contributed by atoms with E-state index in [9.17, 15) is 9.59 Å². The van der Waals surface area contributed by atoms with E-state index in [1.807, 2.05) is 0 Å². The van der Waals surface area contributed by atoms with Gasteiger partial charge in [-0.3, -0.25) is 4.79 Å². The molecule has 1 heterocycles. The highest BCUT2D eigenvalue weighted by Gasteiger charge is 2.30. The maximum atomic E-state index is 11.0. The Morgan fingerprint density at radius 1 is 1.83 bits per heavy atom. The molecular formula is C7H9BrO4. The highest BCUT2D eigenvalue weighted by atomic mass is 79.9. The zero-order valence-corrected chi connectivity index (χ0v) is 8.17. The first-order chi connectivity index (χ1) is 5.61. The lowest BCUT2D eigenvalue weighted by Gasteiger charge is -2.08. The highest BCUT2D eigenvalue weighted by Crippen LogP contribution is 2.12. The Labute approximate surface area is 78.3 Å². The first kappa shape index (κ1) is 9.51. The van der Waals surface area contributed by atoms with E-state index in [4.69, 9.17) is 4.74 Å². The third-order valence-electron chi connectivity index (χ3n) is 1.47. The van der Waals surface area contributed by atoms with Gasteiger partial charge in [0.25, 0.3) is 0 Å². The van der Waals surface area contributed by atoms with E-state index in [1.54, 1.807) is 6.92 Å². The van der Waals surface area contributed by atoms with Crippen molar-refractivity contribution in [2.75, 3.05) is 6.61 Å². The van der Waals surface area contributed by atoms with Gasteiger partial charge in [0.05, 0.1) is 6.61 Å². The van der Waals surface area contributed by atoms with Crippen LogP contribution in [0.2, 0.25) is 0 Å². The van der Waals surface area contributed by atoms with Crippen LogP contribution >= 0.6 is 15.9 Å². The predicted molar refractivity (Wildman–Crippen MR) is 43.8 cm³/mol. The minimum atomic E-state index is -0.697. The summed E-state index contributed by atoms with van der Waals surface area (Å²) in [6, 6.07) is 0. The second kappa shape index (κ2) is 3.89. The van der Waals surface area contributed by atoms with Crippen LogP contribution in [0, 0.1) is 0 Å². The van der Waals surface area contributed by atoms with Crippen molar-refractivity contribution in [2.24, 2.45) is 0 Å². The smallest absolute Gasteiger partial charge is 0.347 e. The average molecular weight is 237 g/mol. The monoisotopic (exact) mass is 236 g/mol. The summed E-state index contributed by atoms with van der Waals surface area (Å²) in [6.07, 6.45) is -0.234. The molecule has 1 aliphatic rings. The molecule has 1 rings (SSSR count). The van der Waals surface area contributed by atoms with Crippen LogP contribution in [0.15, 0.2) is 0 Å². The van der Waals surface area contributed by atoms with E-state index in [-0.39, 0.29) is 4.83 Å². The fourth-order valence-electron chi connectivity index (χ4n) is 0.818. The number of alkyl halides is 1. The summed E-state index contributed by atoms with van der Waals surface area (Å²) in [7, 11) is 0. The van der Waals surface area contributed by atoms with Gasteiger partial charge < -0.3 is 9.47 Å². The van der Waals surface area contributed by atoms with Gasteiger partial charge in [0.1, 0.15) is 4.83 Å². The van der Waals surface area contributed by atoms with E-state index in [2.05, 4.69) is 20.7 Å². The Bertz CT molecular complexity index is 202. The van der Waals surface area contributed by atoms with Crippen LogP contribution in [0.25, 0.3) is 0 Å². The Morgan fingerprint density at radius 3 is 2.92 bits per heavy atom. The van der Waals surface area contributed by atoms with E-state index in [1.165, 1.54) is 0 Å². The van der Waals surface area contributed by atoms with Crippen molar-refractivity contribution in [3.05, 3.63) is 0 Å². The van der Waals surface area contributed by atoms with Gasteiger partial charge in [-0.1, -0.05) is 15.9 Å². The second-order valence-electron chi connectivity index (χ2n) is 2.50. The van der Waals surface area contributed by atoms with Crippen molar-refractivity contribution >= 4 is 27.9 Å². The lowest BCUT2D eigenvalue weighted by molar-refractivity contribution is -0.159. The molecule has 0 aromatic heterocycles. The molecule has 5 heteroatoms. The number of ether oxygens (including phenoxy) is 2. The van der Waals surface area contributed by atoms with Crippen LogP contribution in [-0.2, 0) is 19.1 Å². The van der Waals surface area contributed by atoms with Crippen molar-refractivity contribution in [2.45, 2.75) is 24.3 Å². The van der Waals surface area contributed by atoms with Gasteiger partial charge in [-0.2, -0.15) is 0 Å². The molecule has 1 saturated heterocycles. The van der Waals surface area contributed by atoms with Crippen LogP contribution in [0.5, 0.6) is 0 Å². The molecule has 2 atom stereocenters. The summed E-state index contributed by atoms with van der Waals surface area (Å²) in [6.45, 7) is 1.98. The fraction of sp³-hybridized carbons (Fsp3) is 0.714. The quantitative estimate of drug-likeness (QED) is 0.522. The number of halogens is 1. The lowest BCUT2D eigenvalue weighted by atomic mass is 10.3. The number of carbonyl (C=O) groups is 2. The Kier molecular flexibility index (Phi) is 3.08. The molecule has 1 fully saturated rings.